The standard InChI is InChI=1S/C24H32N2O2/c1-24(2,3)23(27)25-20-12-14-26(15-13-20)17-18-8-7-9-19(16-18)21-10-5-6-11-22(21)28-4/h5-11,16,20H,12-15,17H2,1-4H3,(H,25,27). The maximum absolute atomic E-state index is 12.2. The van der Waals surface area contributed by atoms with Gasteiger partial charge in [0.15, 0.2) is 0 Å². The lowest BCUT2D eigenvalue weighted by Crippen LogP contribution is -2.47. The molecule has 1 aliphatic rings. The van der Waals surface area contributed by atoms with Crippen molar-refractivity contribution in [1.82, 2.24) is 10.2 Å². The fourth-order valence-electron chi connectivity index (χ4n) is 3.62. The Hall–Kier alpha value is -2.33. The van der Waals surface area contributed by atoms with Crippen molar-refractivity contribution in [2.75, 3.05) is 20.2 Å². The number of rotatable bonds is 5. The van der Waals surface area contributed by atoms with Crippen LogP contribution >= 0.6 is 0 Å². The van der Waals surface area contributed by atoms with E-state index in [1.54, 1.807) is 7.11 Å². The van der Waals surface area contributed by atoms with Crippen molar-refractivity contribution < 1.29 is 9.53 Å². The van der Waals surface area contributed by atoms with E-state index >= 15 is 0 Å². The Balaban J connectivity index is 1.59. The van der Waals surface area contributed by atoms with Gasteiger partial charge in [-0.05, 0) is 36.1 Å². The van der Waals surface area contributed by atoms with Crippen LogP contribution in [-0.2, 0) is 11.3 Å². The number of hydrogen-bond donors (Lipinski definition) is 1. The summed E-state index contributed by atoms with van der Waals surface area (Å²) in [6.45, 7) is 8.84. The lowest BCUT2D eigenvalue weighted by molar-refractivity contribution is -0.129. The summed E-state index contributed by atoms with van der Waals surface area (Å²) in [5.41, 5.74) is 3.29. The third kappa shape index (κ3) is 5.14. The van der Waals surface area contributed by atoms with Crippen molar-refractivity contribution in [3.8, 4) is 16.9 Å². The van der Waals surface area contributed by atoms with Crippen molar-refractivity contribution in [1.29, 1.82) is 0 Å². The first kappa shape index (κ1) is 20.4. The van der Waals surface area contributed by atoms with E-state index in [0.717, 1.165) is 43.8 Å². The fourth-order valence-corrected chi connectivity index (χ4v) is 3.62. The molecular formula is C24H32N2O2. The summed E-state index contributed by atoms with van der Waals surface area (Å²) in [6, 6.07) is 17.1. The summed E-state index contributed by atoms with van der Waals surface area (Å²) in [6.07, 6.45) is 2.02. The number of piperidine rings is 1. The highest BCUT2D eigenvalue weighted by atomic mass is 16.5. The van der Waals surface area contributed by atoms with Gasteiger partial charge in [-0.2, -0.15) is 0 Å². The van der Waals surface area contributed by atoms with Crippen LogP contribution in [0, 0.1) is 5.41 Å². The van der Waals surface area contributed by atoms with E-state index in [9.17, 15) is 4.79 Å². The second-order valence-electron chi connectivity index (χ2n) is 8.67. The second kappa shape index (κ2) is 8.78. The Morgan fingerprint density at radius 3 is 2.50 bits per heavy atom. The first-order valence-corrected chi connectivity index (χ1v) is 10.1. The summed E-state index contributed by atoms with van der Waals surface area (Å²) in [5, 5.41) is 3.21. The maximum atomic E-state index is 12.2. The summed E-state index contributed by atoms with van der Waals surface area (Å²) in [5.74, 6) is 1.05. The highest BCUT2D eigenvalue weighted by molar-refractivity contribution is 5.81. The van der Waals surface area contributed by atoms with E-state index in [2.05, 4.69) is 40.5 Å². The van der Waals surface area contributed by atoms with Crippen LogP contribution in [0.3, 0.4) is 0 Å². The van der Waals surface area contributed by atoms with Crippen LogP contribution in [-0.4, -0.2) is 37.0 Å². The van der Waals surface area contributed by atoms with Crippen LogP contribution < -0.4 is 10.1 Å². The van der Waals surface area contributed by atoms with Gasteiger partial charge in [-0.15, -0.1) is 0 Å². The summed E-state index contributed by atoms with van der Waals surface area (Å²) in [7, 11) is 1.71. The van der Waals surface area contributed by atoms with Gasteiger partial charge in [0.25, 0.3) is 0 Å². The number of para-hydroxylation sites is 1. The van der Waals surface area contributed by atoms with Gasteiger partial charge in [-0.1, -0.05) is 57.2 Å². The number of amides is 1. The number of carbonyl (C=O) groups excluding carboxylic acids is 1. The van der Waals surface area contributed by atoms with Gasteiger partial charge in [0.2, 0.25) is 5.91 Å². The summed E-state index contributed by atoms with van der Waals surface area (Å²) >= 11 is 0. The summed E-state index contributed by atoms with van der Waals surface area (Å²) in [4.78, 5) is 14.7. The molecule has 0 aliphatic carbocycles. The molecule has 1 N–H and O–H groups in total. The minimum Gasteiger partial charge on any atom is -0.496 e. The van der Waals surface area contributed by atoms with Crippen molar-refractivity contribution in [3.63, 3.8) is 0 Å². The van der Waals surface area contributed by atoms with Gasteiger partial charge in [0.1, 0.15) is 5.75 Å². The number of nitrogens with zero attached hydrogens (tertiary/aromatic N) is 1. The first-order chi connectivity index (χ1) is 13.4. The molecule has 0 saturated carbocycles. The molecule has 2 aromatic rings. The molecule has 0 radical (unpaired) electrons. The Kier molecular flexibility index (Phi) is 6.40. The van der Waals surface area contributed by atoms with Crippen LogP contribution in [0.2, 0.25) is 0 Å². The van der Waals surface area contributed by atoms with Crippen molar-refractivity contribution in [2.45, 2.75) is 46.2 Å². The average molecular weight is 381 g/mol. The molecule has 2 aromatic carbocycles. The molecule has 28 heavy (non-hydrogen) atoms. The third-order valence-corrected chi connectivity index (χ3v) is 5.36. The van der Waals surface area contributed by atoms with Gasteiger partial charge >= 0.3 is 0 Å². The smallest absolute Gasteiger partial charge is 0.225 e. The van der Waals surface area contributed by atoms with Crippen LogP contribution in [0.5, 0.6) is 5.75 Å². The lowest BCUT2D eigenvalue weighted by Gasteiger charge is -2.33. The molecule has 1 aliphatic heterocycles. The predicted molar refractivity (Wildman–Crippen MR) is 114 cm³/mol. The van der Waals surface area contributed by atoms with Crippen LogP contribution in [0.25, 0.3) is 11.1 Å². The molecule has 4 nitrogen and oxygen atoms in total. The number of hydrogen-bond acceptors (Lipinski definition) is 3. The molecule has 150 valence electrons. The Morgan fingerprint density at radius 2 is 1.82 bits per heavy atom. The topological polar surface area (TPSA) is 41.6 Å². The zero-order valence-electron chi connectivity index (χ0n) is 17.5. The van der Waals surface area contributed by atoms with Crippen molar-refractivity contribution >= 4 is 5.91 Å². The number of carbonyl (C=O) groups is 1. The molecule has 0 aromatic heterocycles. The number of nitrogens with one attached hydrogen (secondary N) is 1. The van der Waals surface area contributed by atoms with E-state index < -0.39 is 0 Å². The molecule has 1 fully saturated rings. The fraction of sp³-hybridized carbons (Fsp3) is 0.458. The zero-order valence-corrected chi connectivity index (χ0v) is 17.5. The largest absolute Gasteiger partial charge is 0.496 e. The van der Waals surface area contributed by atoms with Gasteiger partial charge in [-0.25, -0.2) is 0 Å². The van der Waals surface area contributed by atoms with E-state index in [4.69, 9.17) is 4.74 Å². The highest BCUT2D eigenvalue weighted by Gasteiger charge is 2.26. The number of benzene rings is 2. The number of ether oxygens (including phenoxy) is 1. The Labute approximate surface area is 168 Å². The van der Waals surface area contributed by atoms with Gasteiger partial charge in [-0.3, -0.25) is 9.69 Å². The molecular weight excluding hydrogens is 348 g/mol. The summed E-state index contributed by atoms with van der Waals surface area (Å²) < 4.78 is 5.51. The van der Waals surface area contributed by atoms with Crippen LogP contribution in [0.15, 0.2) is 48.5 Å². The SMILES string of the molecule is COc1ccccc1-c1cccc(CN2CCC(NC(=O)C(C)(C)C)CC2)c1. The van der Waals surface area contributed by atoms with E-state index in [1.807, 2.05) is 39.0 Å². The van der Waals surface area contributed by atoms with Gasteiger partial charge in [0.05, 0.1) is 7.11 Å². The molecule has 0 atom stereocenters. The number of methoxy groups -OCH3 is 1. The van der Waals surface area contributed by atoms with Crippen LogP contribution in [0.4, 0.5) is 0 Å². The van der Waals surface area contributed by atoms with Gasteiger partial charge in [0, 0.05) is 36.7 Å². The monoisotopic (exact) mass is 380 g/mol. The molecule has 4 heteroatoms. The molecule has 1 heterocycles. The predicted octanol–water partition coefficient (Wildman–Crippen LogP) is 4.49. The van der Waals surface area contributed by atoms with Crippen molar-refractivity contribution in [2.24, 2.45) is 5.41 Å². The normalized spacial score (nSPS) is 16.0. The lowest BCUT2D eigenvalue weighted by atomic mass is 9.94. The van der Waals surface area contributed by atoms with E-state index in [0.29, 0.717) is 6.04 Å². The van der Waals surface area contributed by atoms with E-state index in [-0.39, 0.29) is 11.3 Å². The maximum Gasteiger partial charge on any atom is 0.225 e. The molecule has 1 saturated heterocycles. The van der Waals surface area contributed by atoms with Gasteiger partial charge < -0.3 is 10.1 Å². The number of likely N-dealkylation sites (tertiary alicyclic amines) is 1. The average Bonchev–Trinajstić information content (AvgIpc) is 2.69. The highest BCUT2D eigenvalue weighted by Crippen LogP contribution is 2.30. The third-order valence-electron chi connectivity index (χ3n) is 5.36. The first-order valence-electron chi connectivity index (χ1n) is 10.1. The van der Waals surface area contributed by atoms with E-state index in [1.165, 1.54) is 11.1 Å². The molecule has 3 rings (SSSR count). The molecule has 0 bridgehead atoms. The molecule has 0 spiro atoms. The van der Waals surface area contributed by atoms with Crippen LogP contribution in [0.1, 0.15) is 39.2 Å². The quantitative estimate of drug-likeness (QED) is 0.831. The minimum atomic E-state index is -0.323. The zero-order chi connectivity index (χ0) is 20.1. The molecule has 1 amide bonds. The Bertz CT molecular complexity index is 802. The van der Waals surface area contributed by atoms with Crippen molar-refractivity contribution in [3.05, 3.63) is 54.1 Å². The Morgan fingerprint density at radius 1 is 1.11 bits per heavy atom. The minimum absolute atomic E-state index is 0.149. The second-order valence-corrected chi connectivity index (χ2v) is 8.67. The molecule has 0 unspecified atom stereocenters.